The van der Waals surface area contributed by atoms with Crippen LogP contribution in [0.2, 0.25) is 0 Å². The number of rotatable bonds is 4. The van der Waals surface area contributed by atoms with Crippen molar-refractivity contribution in [3.05, 3.63) is 70.3 Å². The Labute approximate surface area is 225 Å². The van der Waals surface area contributed by atoms with Gasteiger partial charge in [-0.2, -0.15) is 0 Å². The molecular formula is C30H38ClN3O3. The molecule has 1 saturated carbocycles. The molecule has 2 N–H and O–H groups in total. The lowest BCUT2D eigenvalue weighted by Crippen LogP contribution is -2.54. The van der Waals surface area contributed by atoms with Gasteiger partial charge in [0.05, 0.1) is 6.10 Å². The molecule has 1 spiro atoms. The molecule has 2 fully saturated rings. The van der Waals surface area contributed by atoms with E-state index in [1.807, 2.05) is 35.2 Å². The van der Waals surface area contributed by atoms with Crippen LogP contribution < -0.4 is 5.32 Å². The lowest BCUT2D eigenvalue weighted by atomic mass is 9.77. The van der Waals surface area contributed by atoms with Crippen molar-refractivity contribution in [2.24, 2.45) is 5.41 Å². The van der Waals surface area contributed by atoms with Crippen molar-refractivity contribution in [2.45, 2.75) is 70.1 Å². The molecule has 37 heavy (non-hydrogen) atoms. The summed E-state index contributed by atoms with van der Waals surface area (Å²) in [5.74, 6) is 0.0188. The van der Waals surface area contributed by atoms with Gasteiger partial charge in [0.25, 0.3) is 11.8 Å². The summed E-state index contributed by atoms with van der Waals surface area (Å²) in [6, 6.07) is 13.8. The fourth-order valence-electron chi connectivity index (χ4n) is 6.52. The number of carbonyl (C=O) groups is 2. The summed E-state index contributed by atoms with van der Waals surface area (Å²) < 4.78 is 0. The first kappa shape index (κ1) is 26.2. The van der Waals surface area contributed by atoms with Gasteiger partial charge < -0.3 is 20.2 Å². The fourth-order valence-corrected chi connectivity index (χ4v) is 6.52. The predicted molar refractivity (Wildman–Crippen MR) is 146 cm³/mol. The summed E-state index contributed by atoms with van der Waals surface area (Å²) in [7, 11) is 0. The smallest absolute Gasteiger partial charge is 0.254 e. The van der Waals surface area contributed by atoms with Crippen LogP contribution in [0, 0.1) is 5.41 Å². The number of carbonyl (C=O) groups excluding carboxylic acids is 2. The first-order valence-electron chi connectivity index (χ1n) is 13.5. The molecule has 6 nitrogen and oxygen atoms in total. The monoisotopic (exact) mass is 523 g/mol. The molecule has 2 amide bonds. The molecule has 0 radical (unpaired) electrons. The molecule has 2 aromatic rings. The Balaban J connectivity index is 0.00000280. The average Bonchev–Trinajstić information content (AvgIpc) is 3.65. The number of nitrogens with one attached hydrogen (secondary N) is 1. The van der Waals surface area contributed by atoms with Crippen LogP contribution in [-0.4, -0.2) is 65.0 Å². The average molecular weight is 524 g/mol. The van der Waals surface area contributed by atoms with Crippen molar-refractivity contribution in [1.82, 2.24) is 15.1 Å². The van der Waals surface area contributed by atoms with Crippen molar-refractivity contribution in [2.75, 3.05) is 26.2 Å². The van der Waals surface area contributed by atoms with E-state index >= 15 is 0 Å². The van der Waals surface area contributed by atoms with Crippen LogP contribution in [-0.2, 0) is 18.4 Å². The van der Waals surface area contributed by atoms with Crippen LogP contribution >= 0.6 is 12.4 Å². The molecule has 198 valence electrons. The number of likely N-dealkylation sites (tertiary alicyclic amines) is 1. The van der Waals surface area contributed by atoms with E-state index in [2.05, 4.69) is 31.3 Å². The normalized spacial score (nSPS) is 24.1. The third-order valence-corrected chi connectivity index (χ3v) is 9.15. The molecule has 0 aromatic heterocycles. The summed E-state index contributed by atoms with van der Waals surface area (Å²) in [6.45, 7) is 7.46. The quantitative estimate of drug-likeness (QED) is 0.637. The number of nitrogens with zero attached hydrogens (tertiary/aromatic N) is 2. The van der Waals surface area contributed by atoms with E-state index in [-0.39, 0.29) is 42.2 Å². The topological polar surface area (TPSA) is 72.9 Å². The van der Waals surface area contributed by atoms with Crippen molar-refractivity contribution in [3.8, 4) is 0 Å². The number of benzene rings is 2. The van der Waals surface area contributed by atoms with Gasteiger partial charge in [-0.15, -0.1) is 12.4 Å². The number of aliphatic hydroxyl groups is 1. The van der Waals surface area contributed by atoms with Crippen LogP contribution in [0.4, 0.5) is 0 Å². The minimum Gasteiger partial charge on any atom is -0.390 e. The summed E-state index contributed by atoms with van der Waals surface area (Å²) in [5, 5.41) is 14.5. The van der Waals surface area contributed by atoms with Gasteiger partial charge >= 0.3 is 0 Å². The van der Waals surface area contributed by atoms with Crippen LogP contribution in [0.5, 0.6) is 0 Å². The van der Waals surface area contributed by atoms with E-state index in [9.17, 15) is 14.7 Å². The van der Waals surface area contributed by atoms with E-state index < -0.39 is 6.10 Å². The molecule has 1 aliphatic carbocycles. The van der Waals surface area contributed by atoms with Crippen LogP contribution in [0.25, 0.3) is 0 Å². The Hall–Kier alpha value is -2.41. The molecule has 2 atom stereocenters. The number of piperidine rings is 1. The largest absolute Gasteiger partial charge is 0.390 e. The van der Waals surface area contributed by atoms with Crippen LogP contribution in [0.15, 0.2) is 42.5 Å². The third kappa shape index (κ3) is 4.91. The molecule has 0 bridgehead atoms. The second kappa shape index (κ2) is 9.72. The summed E-state index contributed by atoms with van der Waals surface area (Å²) in [5.41, 5.74) is 5.01. The van der Waals surface area contributed by atoms with Gasteiger partial charge in [-0.05, 0) is 72.4 Å². The fraction of sp³-hybridized carbons (Fsp3) is 0.533. The maximum atomic E-state index is 13.5. The zero-order chi connectivity index (χ0) is 25.1. The molecule has 4 aliphatic rings. The van der Waals surface area contributed by atoms with Gasteiger partial charge in [-0.1, -0.05) is 38.1 Å². The SMILES string of the molecule is CC1(C)CN(C[C@@H](O)[C@@H]2Cc3ccccc3CN2)C(=O)c2ccc(C(=O)N3CCC4(CC3)CC4)cc21.Cl. The highest BCUT2D eigenvalue weighted by molar-refractivity contribution is 6.00. The number of hydrogen-bond acceptors (Lipinski definition) is 4. The number of amides is 2. The summed E-state index contributed by atoms with van der Waals surface area (Å²) in [6.07, 6.45) is 4.97. The van der Waals surface area contributed by atoms with Gasteiger partial charge in [0, 0.05) is 55.3 Å². The zero-order valence-electron chi connectivity index (χ0n) is 21.8. The highest BCUT2D eigenvalue weighted by Crippen LogP contribution is 2.53. The van der Waals surface area contributed by atoms with Gasteiger partial charge in [-0.3, -0.25) is 9.59 Å². The number of β-amino-alcohol motifs (C(OH)–C–C–N with tert-alkyl or cyclic N) is 1. The molecule has 3 heterocycles. The molecular weight excluding hydrogens is 486 g/mol. The Kier molecular flexibility index (Phi) is 6.88. The van der Waals surface area contributed by atoms with Crippen molar-refractivity contribution >= 4 is 24.2 Å². The van der Waals surface area contributed by atoms with Gasteiger partial charge in [0.15, 0.2) is 0 Å². The van der Waals surface area contributed by atoms with Gasteiger partial charge in [-0.25, -0.2) is 0 Å². The highest BCUT2D eigenvalue weighted by atomic mass is 35.5. The molecule has 2 aromatic carbocycles. The third-order valence-electron chi connectivity index (χ3n) is 9.15. The summed E-state index contributed by atoms with van der Waals surface area (Å²) >= 11 is 0. The zero-order valence-corrected chi connectivity index (χ0v) is 22.7. The molecule has 0 unspecified atom stereocenters. The Morgan fingerprint density at radius 2 is 1.78 bits per heavy atom. The lowest BCUT2D eigenvalue weighted by molar-refractivity contribution is 0.0444. The maximum Gasteiger partial charge on any atom is 0.254 e. The first-order chi connectivity index (χ1) is 17.2. The molecule has 3 aliphatic heterocycles. The number of hydrogen-bond donors (Lipinski definition) is 2. The second-order valence-electron chi connectivity index (χ2n) is 12.1. The van der Waals surface area contributed by atoms with E-state index in [0.717, 1.165) is 44.5 Å². The second-order valence-corrected chi connectivity index (χ2v) is 12.1. The van der Waals surface area contributed by atoms with Crippen molar-refractivity contribution in [1.29, 1.82) is 0 Å². The van der Waals surface area contributed by atoms with E-state index in [1.165, 1.54) is 24.0 Å². The van der Waals surface area contributed by atoms with Gasteiger partial charge in [0.2, 0.25) is 0 Å². The Bertz CT molecular complexity index is 1200. The lowest BCUT2D eigenvalue weighted by Gasteiger charge is -2.42. The van der Waals surface area contributed by atoms with Gasteiger partial charge in [0.1, 0.15) is 0 Å². The van der Waals surface area contributed by atoms with E-state index in [4.69, 9.17) is 0 Å². The van der Waals surface area contributed by atoms with E-state index in [0.29, 0.717) is 23.1 Å². The molecule has 6 rings (SSSR count). The Morgan fingerprint density at radius 3 is 2.49 bits per heavy atom. The molecule has 1 saturated heterocycles. The maximum absolute atomic E-state index is 13.5. The van der Waals surface area contributed by atoms with Crippen molar-refractivity contribution in [3.63, 3.8) is 0 Å². The molecule has 7 heteroatoms. The minimum atomic E-state index is -0.658. The number of halogens is 1. The van der Waals surface area contributed by atoms with Crippen LogP contribution in [0.3, 0.4) is 0 Å². The first-order valence-corrected chi connectivity index (χ1v) is 13.5. The standard InChI is InChI=1S/C30H37N3O3.ClH/c1-29(2)19-33(18-26(34)25-16-20-5-3-4-6-22(20)17-31-25)28(36)23-8-7-21(15-24(23)29)27(35)32-13-11-30(9-10-30)12-14-32;/h3-8,15,25-26,31,34H,9-14,16-19H2,1-2H3;1H/t25-,26+;/m0./s1. The predicted octanol–water partition coefficient (Wildman–Crippen LogP) is 3.93. The number of aliphatic hydroxyl groups excluding tert-OH is 1. The Morgan fingerprint density at radius 1 is 1.08 bits per heavy atom. The van der Waals surface area contributed by atoms with E-state index in [1.54, 1.807) is 4.90 Å². The van der Waals surface area contributed by atoms with Crippen molar-refractivity contribution < 1.29 is 14.7 Å². The minimum absolute atomic E-state index is 0. The number of fused-ring (bicyclic) bond motifs is 2. The van der Waals surface area contributed by atoms with Crippen LogP contribution in [0.1, 0.15) is 76.9 Å². The summed E-state index contributed by atoms with van der Waals surface area (Å²) in [4.78, 5) is 30.5. The highest BCUT2D eigenvalue weighted by Gasteiger charge is 2.45.